The van der Waals surface area contributed by atoms with Crippen LogP contribution in [0.1, 0.15) is 18.6 Å². The molecule has 0 radical (unpaired) electrons. The first-order valence-corrected chi connectivity index (χ1v) is 6.33. The van der Waals surface area contributed by atoms with E-state index >= 15 is 0 Å². The van der Waals surface area contributed by atoms with Crippen LogP contribution in [0.4, 0.5) is 0 Å². The molecule has 0 heterocycles. The zero-order valence-electron chi connectivity index (χ0n) is 8.80. The first-order chi connectivity index (χ1) is 7.19. The van der Waals surface area contributed by atoms with Crippen molar-refractivity contribution in [2.24, 2.45) is 0 Å². The summed E-state index contributed by atoms with van der Waals surface area (Å²) in [5, 5.41) is 0. The van der Waals surface area contributed by atoms with Crippen molar-refractivity contribution in [1.82, 2.24) is 0 Å². The van der Waals surface area contributed by atoms with Crippen molar-refractivity contribution in [1.29, 1.82) is 0 Å². The summed E-state index contributed by atoms with van der Waals surface area (Å²) in [6, 6.07) is 6.05. The molecular weight excluding hydrogens is 324 g/mol. The molecule has 0 aliphatic heterocycles. The van der Waals surface area contributed by atoms with E-state index in [1.165, 1.54) is 0 Å². The first-order valence-electron chi connectivity index (χ1n) is 4.74. The number of hydrogen-bond acceptors (Lipinski definition) is 2. The summed E-state index contributed by atoms with van der Waals surface area (Å²) in [5.41, 5.74) is 1.11. The van der Waals surface area contributed by atoms with E-state index in [-0.39, 0.29) is 6.10 Å². The minimum absolute atomic E-state index is 0.0116. The molecule has 2 nitrogen and oxygen atoms in total. The van der Waals surface area contributed by atoms with Gasteiger partial charge in [-0.05, 0) is 24.6 Å². The monoisotopic (exact) mass is 336 g/mol. The molecule has 1 aromatic rings. The fraction of sp³-hybridized carbons (Fsp3) is 0.455. The zero-order valence-corrected chi connectivity index (χ0v) is 12.0. The maximum Gasteiger partial charge on any atom is 0.107 e. The Morgan fingerprint density at radius 3 is 2.60 bits per heavy atom. The molecule has 0 spiro atoms. The van der Waals surface area contributed by atoms with Gasteiger partial charge in [-0.2, -0.15) is 0 Å². The summed E-state index contributed by atoms with van der Waals surface area (Å²) in [5.74, 6) is 0. The molecule has 0 aliphatic rings. The van der Waals surface area contributed by atoms with E-state index in [0.717, 1.165) is 14.5 Å². The lowest BCUT2D eigenvalue weighted by Crippen LogP contribution is -2.11. The molecule has 84 valence electrons. The van der Waals surface area contributed by atoms with E-state index in [9.17, 15) is 0 Å². The number of hydrogen-bond donors (Lipinski definition) is 0. The zero-order chi connectivity index (χ0) is 11.3. The molecule has 1 aromatic carbocycles. The molecule has 0 aliphatic carbocycles. The van der Waals surface area contributed by atoms with Crippen LogP contribution >= 0.6 is 31.9 Å². The van der Waals surface area contributed by atoms with Crippen LogP contribution in [-0.4, -0.2) is 20.3 Å². The van der Waals surface area contributed by atoms with Gasteiger partial charge in [0.25, 0.3) is 0 Å². The summed E-state index contributed by atoms with van der Waals surface area (Å²) < 4.78 is 12.8. The van der Waals surface area contributed by atoms with Crippen molar-refractivity contribution in [2.75, 3.05) is 20.3 Å². The van der Waals surface area contributed by atoms with Gasteiger partial charge in [0.15, 0.2) is 0 Å². The van der Waals surface area contributed by atoms with Gasteiger partial charge in [0.2, 0.25) is 0 Å². The number of methoxy groups -OCH3 is 1. The lowest BCUT2D eigenvalue weighted by atomic mass is 10.1. The number of rotatable bonds is 5. The normalized spacial score (nSPS) is 12.8. The molecule has 0 saturated carbocycles. The van der Waals surface area contributed by atoms with Crippen molar-refractivity contribution in [3.63, 3.8) is 0 Å². The Kier molecular flexibility index (Phi) is 5.82. The minimum Gasteiger partial charge on any atom is -0.382 e. The van der Waals surface area contributed by atoms with Crippen molar-refractivity contribution in [3.8, 4) is 0 Å². The molecule has 15 heavy (non-hydrogen) atoms. The SMILES string of the molecule is CCOC(COC)c1ccc(Br)cc1Br. The third-order valence-electron chi connectivity index (χ3n) is 2.00. The largest absolute Gasteiger partial charge is 0.382 e. The van der Waals surface area contributed by atoms with E-state index in [2.05, 4.69) is 31.9 Å². The molecule has 0 aromatic heterocycles. The summed E-state index contributed by atoms with van der Waals surface area (Å²) in [7, 11) is 1.68. The quantitative estimate of drug-likeness (QED) is 0.810. The van der Waals surface area contributed by atoms with E-state index in [1.54, 1.807) is 7.11 Å². The lowest BCUT2D eigenvalue weighted by Gasteiger charge is -2.18. The predicted octanol–water partition coefficient (Wildman–Crippen LogP) is 3.94. The maximum atomic E-state index is 5.62. The van der Waals surface area contributed by atoms with E-state index in [4.69, 9.17) is 9.47 Å². The van der Waals surface area contributed by atoms with Crippen LogP contribution in [0.5, 0.6) is 0 Å². The van der Waals surface area contributed by atoms with E-state index in [1.807, 2.05) is 25.1 Å². The van der Waals surface area contributed by atoms with Crippen molar-refractivity contribution < 1.29 is 9.47 Å². The van der Waals surface area contributed by atoms with Crippen LogP contribution in [0.3, 0.4) is 0 Å². The molecule has 4 heteroatoms. The maximum absolute atomic E-state index is 5.62. The van der Waals surface area contributed by atoms with Gasteiger partial charge < -0.3 is 9.47 Å². The van der Waals surface area contributed by atoms with Crippen LogP contribution in [-0.2, 0) is 9.47 Å². The third-order valence-corrected chi connectivity index (χ3v) is 3.18. The van der Waals surface area contributed by atoms with Crippen LogP contribution in [0.25, 0.3) is 0 Å². The minimum atomic E-state index is -0.0116. The Labute approximate surface area is 107 Å². The van der Waals surface area contributed by atoms with Crippen LogP contribution in [0, 0.1) is 0 Å². The fourth-order valence-electron chi connectivity index (χ4n) is 1.34. The smallest absolute Gasteiger partial charge is 0.107 e. The molecular formula is C11H14Br2O2. The van der Waals surface area contributed by atoms with Gasteiger partial charge in [-0.1, -0.05) is 37.9 Å². The van der Waals surface area contributed by atoms with Gasteiger partial charge in [-0.15, -0.1) is 0 Å². The van der Waals surface area contributed by atoms with Crippen molar-refractivity contribution in [2.45, 2.75) is 13.0 Å². The second-order valence-electron chi connectivity index (χ2n) is 3.07. The van der Waals surface area contributed by atoms with E-state index in [0.29, 0.717) is 13.2 Å². The summed E-state index contributed by atoms with van der Waals surface area (Å²) >= 11 is 6.94. The Hall–Kier alpha value is 0.1000. The van der Waals surface area contributed by atoms with E-state index < -0.39 is 0 Å². The van der Waals surface area contributed by atoms with Gasteiger partial charge in [-0.25, -0.2) is 0 Å². The van der Waals surface area contributed by atoms with Gasteiger partial charge in [0.1, 0.15) is 6.10 Å². The molecule has 0 saturated heterocycles. The Balaban J connectivity index is 2.89. The molecule has 0 fully saturated rings. The number of benzene rings is 1. The predicted molar refractivity (Wildman–Crippen MR) is 68.1 cm³/mol. The molecule has 0 bridgehead atoms. The highest BCUT2D eigenvalue weighted by Gasteiger charge is 2.14. The molecule has 1 unspecified atom stereocenters. The molecule has 0 N–H and O–H groups in total. The first kappa shape index (κ1) is 13.2. The van der Waals surface area contributed by atoms with Gasteiger partial charge in [0, 0.05) is 22.7 Å². The molecule has 1 rings (SSSR count). The number of ether oxygens (including phenoxy) is 2. The third kappa shape index (κ3) is 3.87. The van der Waals surface area contributed by atoms with Gasteiger partial charge >= 0.3 is 0 Å². The highest BCUT2D eigenvalue weighted by atomic mass is 79.9. The molecule has 0 amide bonds. The Morgan fingerprint density at radius 1 is 1.33 bits per heavy atom. The average Bonchev–Trinajstić information content (AvgIpc) is 2.17. The van der Waals surface area contributed by atoms with Crippen LogP contribution in [0.15, 0.2) is 27.1 Å². The van der Waals surface area contributed by atoms with Crippen LogP contribution in [0.2, 0.25) is 0 Å². The summed E-state index contributed by atoms with van der Waals surface area (Å²) in [4.78, 5) is 0. The van der Waals surface area contributed by atoms with Gasteiger partial charge in [0.05, 0.1) is 6.61 Å². The number of halogens is 2. The summed E-state index contributed by atoms with van der Waals surface area (Å²) in [6.07, 6.45) is -0.0116. The molecule has 1 atom stereocenters. The second kappa shape index (κ2) is 6.63. The summed E-state index contributed by atoms with van der Waals surface area (Å²) in [6.45, 7) is 3.22. The Bertz CT molecular complexity index is 309. The van der Waals surface area contributed by atoms with Gasteiger partial charge in [-0.3, -0.25) is 0 Å². The second-order valence-corrected chi connectivity index (χ2v) is 4.84. The lowest BCUT2D eigenvalue weighted by molar-refractivity contribution is 0.00239. The van der Waals surface area contributed by atoms with Crippen molar-refractivity contribution >= 4 is 31.9 Å². The fourth-order valence-corrected chi connectivity index (χ4v) is 2.65. The van der Waals surface area contributed by atoms with Crippen molar-refractivity contribution in [3.05, 3.63) is 32.7 Å². The standard InChI is InChI=1S/C11H14Br2O2/c1-3-15-11(7-14-2)9-5-4-8(12)6-10(9)13/h4-6,11H,3,7H2,1-2H3. The Morgan fingerprint density at radius 2 is 2.07 bits per heavy atom. The topological polar surface area (TPSA) is 18.5 Å². The highest BCUT2D eigenvalue weighted by Crippen LogP contribution is 2.29. The van der Waals surface area contributed by atoms with Crippen LogP contribution < -0.4 is 0 Å². The average molecular weight is 338 g/mol. The highest BCUT2D eigenvalue weighted by molar-refractivity contribution is 9.11.